The maximum Gasteiger partial charge on any atom is 0.0480 e. The first-order valence-electron chi connectivity index (χ1n) is 4.04. The van der Waals surface area contributed by atoms with Gasteiger partial charge < -0.3 is 0 Å². The summed E-state index contributed by atoms with van der Waals surface area (Å²) >= 11 is 11.7. The Hall–Kier alpha value is -0.720. The van der Waals surface area contributed by atoms with E-state index < -0.39 is 0 Å². The summed E-state index contributed by atoms with van der Waals surface area (Å²) < 4.78 is 0. The third-order valence-electron chi connectivity index (χ3n) is 2.08. The van der Waals surface area contributed by atoms with Gasteiger partial charge in [0.15, 0.2) is 0 Å². The standard InChI is InChI=1S/C11H8Cl2/c12-7-9-3-1-2-8-4-5-10(13)6-11(8)9/h1-6H,7H2. The molecule has 2 heteroatoms. The van der Waals surface area contributed by atoms with Crippen LogP contribution in [0.25, 0.3) is 10.8 Å². The van der Waals surface area contributed by atoms with Crippen molar-refractivity contribution in [2.45, 2.75) is 5.88 Å². The van der Waals surface area contributed by atoms with Gasteiger partial charge in [0.2, 0.25) is 0 Å². The maximum atomic E-state index is 5.90. The number of hydrogen-bond acceptors (Lipinski definition) is 0. The highest BCUT2D eigenvalue weighted by molar-refractivity contribution is 6.31. The minimum absolute atomic E-state index is 0.525. The monoisotopic (exact) mass is 210 g/mol. The van der Waals surface area contributed by atoms with Crippen LogP contribution in [0.1, 0.15) is 5.56 Å². The van der Waals surface area contributed by atoms with Gasteiger partial charge in [0.1, 0.15) is 0 Å². The predicted molar refractivity (Wildman–Crippen MR) is 58.5 cm³/mol. The first-order chi connectivity index (χ1) is 6.31. The molecule has 0 fully saturated rings. The third kappa shape index (κ3) is 1.65. The summed E-state index contributed by atoms with van der Waals surface area (Å²) in [5.41, 5.74) is 1.13. The van der Waals surface area contributed by atoms with Crippen molar-refractivity contribution < 1.29 is 0 Å². The Morgan fingerprint density at radius 3 is 2.69 bits per heavy atom. The highest BCUT2D eigenvalue weighted by Crippen LogP contribution is 2.23. The molecule has 0 aromatic heterocycles. The van der Waals surface area contributed by atoms with Crippen molar-refractivity contribution in [2.75, 3.05) is 0 Å². The van der Waals surface area contributed by atoms with Gasteiger partial charge in [-0.15, -0.1) is 11.6 Å². The topological polar surface area (TPSA) is 0 Å². The number of fused-ring (bicyclic) bond motifs is 1. The number of benzene rings is 2. The average Bonchev–Trinajstić information content (AvgIpc) is 2.17. The molecule has 0 radical (unpaired) electrons. The van der Waals surface area contributed by atoms with Crippen LogP contribution in [0.5, 0.6) is 0 Å². The minimum atomic E-state index is 0.525. The highest BCUT2D eigenvalue weighted by Gasteiger charge is 1.99. The Kier molecular flexibility index (Phi) is 2.43. The molecule has 0 atom stereocenters. The molecule has 2 aromatic rings. The van der Waals surface area contributed by atoms with E-state index in [0.717, 1.165) is 16.0 Å². The Bertz CT molecular complexity index is 435. The van der Waals surface area contributed by atoms with Crippen molar-refractivity contribution in [3.63, 3.8) is 0 Å². The molecule has 13 heavy (non-hydrogen) atoms. The van der Waals surface area contributed by atoms with Gasteiger partial charge in [-0.25, -0.2) is 0 Å². The Balaban J connectivity index is 2.79. The molecule has 0 saturated carbocycles. The van der Waals surface area contributed by atoms with Crippen molar-refractivity contribution in [1.82, 2.24) is 0 Å². The summed E-state index contributed by atoms with van der Waals surface area (Å²) in [6.45, 7) is 0. The predicted octanol–water partition coefficient (Wildman–Crippen LogP) is 4.23. The van der Waals surface area contributed by atoms with Gasteiger partial charge in [0, 0.05) is 10.9 Å². The normalized spacial score (nSPS) is 10.6. The van der Waals surface area contributed by atoms with Gasteiger partial charge in [-0.3, -0.25) is 0 Å². The number of halogens is 2. The lowest BCUT2D eigenvalue weighted by atomic mass is 10.1. The zero-order valence-electron chi connectivity index (χ0n) is 6.93. The Morgan fingerprint density at radius 2 is 1.92 bits per heavy atom. The lowest BCUT2D eigenvalue weighted by Gasteiger charge is -2.02. The minimum Gasteiger partial charge on any atom is -0.122 e. The van der Waals surface area contributed by atoms with Crippen LogP contribution in [0.2, 0.25) is 5.02 Å². The number of hydrogen-bond donors (Lipinski definition) is 0. The molecule has 2 rings (SSSR count). The summed E-state index contributed by atoms with van der Waals surface area (Å²) in [4.78, 5) is 0. The van der Waals surface area contributed by atoms with E-state index >= 15 is 0 Å². The molecule has 0 unspecified atom stereocenters. The van der Waals surface area contributed by atoms with E-state index in [-0.39, 0.29) is 0 Å². The van der Waals surface area contributed by atoms with Crippen LogP contribution in [-0.2, 0) is 5.88 Å². The zero-order valence-corrected chi connectivity index (χ0v) is 8.44. The van der Waals surface area contributed by atoms with Gasteiger partial charge in [-0.1, -0.05) is 35.9 Å². The van der Waals surface area contributed by atoms with Crippen molar-refractivity contribution in [2.24, 2.45) is 0 Å². The van der Waals surface area contributed by atoms with Gasteiger partial charge in [0.05, 0.1) is 0 Å². The molecular weight excluding hydrogens is 203 g/mol. The van der Waals surface area contributed by atoms with E-state index in [1.165, 1.54) is 5.39 Å². The smallest absolute Gasteiger partial charge is 0.0480 e. The fraction of sp³-hybridized carbons (Fsp3) is 0.0909. The summed E-state index contributed by atoms with van der Waals surface area (Å²) in [7, 11) is 0. The van der Waals surface area contributed by atoms with Crippen LogP contribution in [0.4, 0.5) is 0 Å². The second-order valence-electron chi connectivity index (χ2n) is 2.92. The second kappa shape index (κ2) is 3.57. The molecule has 0 aliphatic heterocycles. The van der Waals surface area contributed by atoms with E-state index in [2.05, 4.69) is 6.07 Å². The molecule has 0 saturated heterocycles. The second-order valence-corrected chi connectivity index (χ2v) is 3.62. The van der Waals surface area contributed by atoms with E-state index in [9.17, 15) is 0 Å². The van der Waals surface area contributed by atoms with Gasteiger partial charge >= 0.3 is 0 Å². The summed E-state index contributed by atoms with van der Waals surface area (Å²) in [5.74, 6) is 0.525. The number of alkyl halides is 1. The van der Waals surface area contributed by atoms with E-state index in [1.807, 2.05) is 30.3 Å². The first kappa shape index (κ1) is 8.86. The average molecular weight is 211 g/mol. The summed E-state index contributed by atoms with van der Waals surface area (Å²) in [6.07, 6.45) is 0. The van der Waals surface area contributed by atoms with Crippen LogP contribution >= 0.6 is 23.2 Å². The van der Waals surface area contributed by atoms with Crippen LogP contribution in [0.3, 0.4) is 0 Å². The van der Waals surface area contributed by atoms with Crippen molar-refractivity contribution in [3.8, 4) is 0 Å². The molecule has 0 aliphatic carbocycles. The van der Waals surface area contributed by atoms with E-state index in [4.69, 9.17) is 23.2 Å². The van der Waals surface area contributed by atoms with Gasteiger partial charge in [-0.05, 0) is 28.5 Å². The number of rotatable bonds is 1. The quantitative estimate of drug-likeness (QED) is 0.619. The van der Waals surface area contributed by atoms with E-state index in [1.54, 1.807) is 0 Å². The molecule has 0 amide bonds. The van der Waals surface area contributed by atoms with Crippen molar-refractivity contribution in [3.05, 3.63) is 47.0 Å². The Labute approximate surface area is 87.1 Å². The molecule has 2 aromatic carbocycles. The summed E-state index contributed by atoms with van der Waals surface area (Å²) in [6, 6.07) is 11.9. The van der Waals surface area contributed by atoms with Crippen molar-refractivity contribution >= 4 is 34.0 Å². The fourth-order valence-corrected chi connectivity index (χ4v) is 1.83. The SMILES string of the molecule is ClCc1cccc2ccc(Cl)cc12. The van der Waals surface area contributed by atoms with Crippen LogP contribution in [-0.4, -0.2) is 0 Å². The molecule has 0 spiro atoms. The largest absolute Gasteiger partial charge is 0.122 e. The lowest BCUT2D eigenvalue weighted by Crippen LogP contribution is -1.81. The lowest BCUT2D eigenvalue weighted by molar-refractivity contribution is 1.45. The first-order valence-corrected chi connectivity index (χ1v) is 4.95. The molecule has 0 bridgehead atoms. The molecule has 0 nitrogen and oxygen atoms in total. The molecule has 0 aliphatic rings. The fourth-order valence-electron chi connectivity index (χ4n) is 1.43. The highest BCUT2D eigenvalue weighted by atomic mass is 35.5. The van der Waals surface area contributed by atoms with E-state index in [0.29, 0.717) is 5.88 Å². The maximum absolute atomic E-state index is 5.90. The van der Waals surface area contributed by atoms with Crippen LogP contribution in [0, 0.1) is 0 Å². The zero-order chi connectivity index (χ0) is 9.26. The van der Waals surface area contributed by atoms with Crippen LogP contribution < -0.4 is 0 Å². The van der Waals surface area contributed by atoms with Gasteiger partial charge in [-0.2, -0.15) is 0 Å². The summed E-state index contributed by atoms with van der Waals surface area (Å²) in [5, 5.41) is 3.08. The Morgan fingerprint density at radius 1 is 1.08 bits per heavy atom. The van der Waals surface area contributed by atoms with Gasteiger partial charge in [0.25, 0.3) is 0 Å². The van der Waals surface area contributed by atoms with Crippen molar-refractivity contribution in [1.29, 1.82) is 0 Å². The van der Waals surface area contributed by atoms with Crippen LogP contribution in [0.15, 0.2) is 36.4 Å². The molecule has 0 heterocycles. The molecular formula is C11H8Cl2. The molecule has 66 valence electrons. The third-order valence-corrected chi connectivity index (χ3v) is 2.60. The molecule has 0 N–H and O–H groups in total.